The van der Waals surface area contributed by atoms with Crippen molar-refractivity contribution in [1.29, 1.82) is 0 Å². The third-order valence-corrected chi connectivity index (χ3v) is 7.26. The highest BCUT2D eigenvalue weighted by atomic mass is 35.5. The molecule has 1 N–H and O–H groups in total. The molecule has 0 aliphatic carbocycles. The molecule has 0 spiro atoms. The number of halogens is 2. The summed E-state index contributed by atoms with van der Waals surface area (Å²) < 4.78 is 27.5. The Labute approximate surface area is 195 Å². The van der Waals surface area contributed by atoms with Crippen LogP contribution in [-0.4, -0.2) is 25.9 Å². The number of carbonyl (C=O) groups excluding carboxylic acids is 2. The Balaban J connectivity index is 1.74. The van der Waals surface area contributed by atoms with E-state index in [0.29, 0.717) is 32.5 Å². The highest BCUT2D eigenvalue weighted by Crippen LogP contribution is 2.36. The zero-order chi connectivity index (χ0) is 22.9. The van der Waals surface area contributed by atoms with Gasteiger partial charge in [-0.1, -0.05) is 53.5 Å². The fourth-order valence-corrected chi connectivity index (χ4v) is 5.34. The molecule has 0 fully saturated rings. The van der Waals surface area contributed by atoms with E-state index in [1.165, 1.54) is 4.31 Å². The average molecular weight is 489 g/mol. The summed E-state index contributed by atoms with van der Waals surface area (Å²) in [7, 11) is -4.02. The van der Waals surface area contributed by atoms with Crippen LogP contribution in [0.25, 0.3) is 0 Å². The third kappa shape index (κ3) is 4.65. The minimum atomic E-state index is -4.02. The number of ketones is 1. The summed E-state index contributed by atoms with van der Waals surface area (Å²) in [5.74, 6) is -3.35. The number of hydrogen-bond donors (Lipinski definition) is 1. The number of rotatable bonds is 4. The first-order chi connectivity index (χ1) is 15.2. The molecule has 1 unspecified atom stereocenters. The molecule has 0 aromatic heterocycles. The summed E-state index contributed by atoms with van der Waals surface area (Å²) in [6.45, 7) is 0.00924. The molecule has 164 valence electrons. The van der Waals surface area contributed by atoms with Crippen molar-refractivity contribution in [2.75, 3.05) is 15.4 Å². The van der Waals surface area contributed by atoms with Crippen molar-refractivity contribution in [2.45, 2.75) is 12.5 Å². The van der Waals surface area contributed by atoms with E-state index in [4.69, 9.17) is 23.2 Å². The maximum Gasteiger partial charge on any atom is 0.242 e. The van der Waals surface area contributed by atoms with Crippen LogP contribution in [0.5, 0.6) is 0 Å². The van der Waals surface area contributed by atoms with Crippen molar-refractivity contribution in [1.82, 2.24) is 0 Å². The van der Waals surface area contributed by atoms with Gasteiger partial charge in [-0.3, -0.25) is 13.9 Å². The van der Waals surface area contributed by atoms with E-state index in [0.717, 1.165) is 0 Å². The number of benzene rings is 3. The molecule has 1 atom stereocenters. The average Bonchev–Trinajstić information content (AvgIpc) is 2.83. The second kappa shape index (κ2) is 8.94. The number of fused-ring (bicyclic) bond motifs is 1. The fraction of sp³-hybridized carbons (Fsp3) is 0.130. The van der Waals surface area contributed by atoms with Crippen LogP contribution in [0.2, 0.25) is 10.0 Å². The van der Waals surface area contributed by atoms with Gasteiger partial charge in [0, 0.05) is 15.7 Å². The Bertz CT molecular complexity index is 1280. The Morgan fingerprint density at radius 3 is 2.19 bits per heavy atom. The zero-order valence-electron chi connectivity index (χ0n) is 16.7. The first-order valence-electron chi connectivity index (χ1n) is 9.67. The molecule has 0 saturated heterocycles. The number of nitrogens with zero attached hydrogens (tertiary/aromatic N) is 1. The molecule has 1 aliphatic heterocycles. The van der Waals surface area contributed by atoms with Crippen molar-refractivity contribution < 1.29 is 18.0 Å². The molecular formula is C23H18Cl2N2O4S. The van der Waals surface area contributed by atoms with Crippen LogP contribution in [0.15, 0.2) is 72.8 Å². The summed E-state index contributed by atoms with van der Waals surface area (Å²) in [6.07, 6.45) is 0. The van der Waals surface area contributed by atoms with Crippen molar-refractivity contribution in [3.05, 3.63) is 94.0 Å². The minimum absolute atomic E-state index is 0.00924. The van der Waals surface area contributed by atoms with Gasteiger partial charge in [-0.2, -0.15) is 0 Å². The van der Waals surface area contributed by atoms with Crippen LogP contribution in [0, 0.1) is 0 Å². The molecule has 3 aromatic rings. The smallest absolute Gasteiger partial charge is 0.242 e. The Hall–Kier alpha value is -2.87. The lowest BCUT2D eigenvalue weighted by molar-refractivity contribution is -0.126. The topological polar surface area (TPSA) is 83.6 Å². The van der Waals surface area contributed by atoms with Gasteiger partial charge in [0.1, 0.15) is 11.7 Å². The van der Waals surface area contributed by atoms with Gasteiger partial charge in [0.25, 0.3) is 0 Å². The molecular weight excluding hydrogens is 471 g/mol. The number of hydrogen-bond acceptors (Lipinski definition) is 4. The molecule has 4 rings (SSSR count). The normalized spacial score (nSPS) is 17.4. The van der Waals surface area contributed by atoms with Crippen molar-refractivity contribution in [3.8, 4) is 0 Å². The molecule has 9 heteroatoms. The lowest BCUT2D eigenvalue weighted by Crippen LogP contribution is -2.34. The summed E-state index contributed by atoms with van der Waals surface area (Å²) in [5.41, 5.74) is 1.78. The van der Waals surface area contributed by atoms with Gasteiger partial charge in [-0.15, -0.1) is 0 Å². The summed E-state index contributed by atoms with van der Waals surface area (Å²) >= 11 is 11.8. The molecule has 1 heterocycles. The molecule has 0 bridgehead atoms. The first kappa shape index (κ1) is 22.3. The molecule has 1 aliphatic rings. The second-order valence-corrected chi connectivity index (χ2v) is 10.1. The Kier molecular flexibility index (Phi) is 6.24. The van der Waals surface area contributed by atoms with Crippen molar-refractivity contribution >= 4 is 56.3 Å². The van der Waals surface area contributed by atoms with Crippen LogP contribution >= 0.6 is 23.2 Å². The monoisotopic (exact) mass is 488 g/mol. The number of amides is 1. The van der Waals surface area contributed by atoms with E-state index in [9.17, 15) is 18.0 Å². The fourth-order valence-electron chi connectivity index (χ4n) is 3.60. The van der Waals surface area contributed by atoms with Gasteiger partial charge in [-0.25, -0.2) is 8.42 Å². The molecule has 3 aromatic carbocycles. The van der Waals surface area contributed by atoms with E-state index in [1.807, 2.05) is 0 Å². The van der Waals surface area contributed by atoms with E-state index in [-0.39, 0.29) is 6.54 Å². The summed E-state index contributed by atoms with van der Waals surface area (Å²) in [5, 5.41) is 3.72. The first-order valence-corrected chi connectivity index (χ1v) is 12.0. The van der Waals surface area contributed by atoms with E-state index in [2.05, 4.69) is 5.32 Å². The maximum absolute atomic E-state index is 13.1. The number of Topliss-reactive ketones (excluding diaryl/α,β-unsaturated/α-hetero) is 1. The van der Waals surface area contributed by atoms with E-state index >= 15 is 0 Å². The van der Waals surface area contributed by atoms with Crippen LogP contribution in [0.1, 0.15) is 17.0 Å². The highest BCUT2D eigenvalue weighted by molar-refractivity contribution is 7.93. The standard InChI is InChI=1S/C23H18Cl2N2O4S/c24-16-7-5-15(6-8-16)13-27-20-4-2-1-3-19(20)22(21(28)14-32(27,30)31)23(29)26-18-11-9-17(25)10-12-18/h1-12,22H,13-14H2,(H,26,29). The molecule has 1 amide bonds. The minimum Gasteiger partial charge on any atom is -0.325 e. The van der Waals surface area contributed by atoms with E-state index < -0.39 is 33.4 Å². The molecule has 0 saturated carbocycles. The molecule has 0 radical (unpaired) electrons. The maximum atomic E-state index is 13.1. The van der Waals surface area contributed by atoms with Crippen LogP contribution < -0.4 is 9.62 Å². The van der Waals surface area contributed by atoms with Crippen LogP contribution in [0.3, 0.4) is 0 Å². The number of sulfonamides is 1. The lowest BCUT2D eigenvalue weighted by atomic mass is 9.92. The number of anilines is 2. The van der Waals surface area contributed by atoms with Gasteiger partial charge in [-0.05, 0) is 53.6 Å². The number of para-hydroxylation sites is 1. The lowest BCUT2D eigenvalue weighted by Gasteiger charge is -2.24. The van der Waals surface area contributed by atoms with Crippen LogP contribution in [0.4, 0.5) is 11.4 Å². The van der Waals surface area contributed by atoms with Crippen molar-refractivity contribution in [3.63, 3.8) is 0 Å². The summed E-state index contributed by atoms with van der Waals surface area (Å²) in [6, 6.07) is 19.8. The molecule has 32 heavy (non-hydrogen) atoms. The van der Waals surface area contributed by atoms with Crippen molar-refractivity contribution in [2.24, 2.45) is 0 Å². The predicted octanol–water partition coefficient (Wildman–Crippen LogP) is 4.63. The molecule has 6 nitrogen and oxygen atoms in total. The Morgan fingerprint density at radius 1 is 0.938 bits per heavy atom. The van der Waals surface area contributed by atoms with Gasteiger partial charge in [0.2, 0.25) is 15.9 Å². The second-order valence-electron chi connectivity index (χ2n) is 7.34. The quantitative estimate of drug-likeness (QED) is 0.542. The SMILES string of the molecule is O=C1CS(=O)(=O)N(Cc2ccc(Cl)cc2)c2ccccc2C1C(=O)Nc1ccc(Cl)cc1. The number of carbonyl (C=O) groups is 2. The largest absolute Gasteiger partial charge is 0.325 e. The Morgan fingerprint density at radius 2 is 1.53 bits per heavy atom. The third-order valence-electron chi connectivity index (χ3n) is 5.11. The summed E-state index contributed by atoms with van der Waals surface area (Å²) in [4.78, 5) is 26.1. The van der Waals surface area contributed by atoms with Gasteiger partial charge < -0.3 is 5.32 Å². The van der Waals surface area contributed by atoms with E-state index in [1.54, 1.807) is 72.8 Å². The zero-order valence-corrected chi connectivity index (χ0v) is 19.0. The van der Waals surface area contributed by atoms with Gasteiger partial charge in [0.15, 0.2) is 5.78 Å². The van der Waals surface area contributed by atoms with Gasteiger partial charge in [0.05, 0.1) is 12.2 Å². The highest BCUT2D eigenvalue weighted by Gasteiger charge is 2.40. The predicted molar refractivity (Wildman–Crippen MR) is 126 cm³/mol. The van der Waals surface area contributed by atoms with Gasteiger partial charge >= 0.3 is 0 Å². The van der Waals surface area contributed by atoms with Crippen LogP contribution in [-0.2, 0) is 26.2 Å². The number of nitrogens with one attached hydrogen (secondary N) is 1.